The topological polar surface area (TPSA) is 55.8 Å². The molecule has 0 amide bonds. The molecule has 1 aliphatic carbocycles. The van der Waals surface area contributed by atoms with Crippen LogP contribution in [-0.2, 0) is 9.53 Å². The number of hydrogen-bond donors (Lipinski definition) is 1. The molecule has 0 saturated carbocycles. The van der Waals surface area contributed by atoms with Gasteiger partial charge in [-0.3, -0.25) is 0 Å². The molecule has 2 aromatic carbocycles. The predicted molar refractivity (Wildman–Crippen MR) is 89.7 cm³/mol. The minimum atomic E-state index is -0.614. The molecule has 0 unspecified atom stereocenters. The van der Waals surface area contributed by atoms with E-state index in [-0.39, 0.29) is 17.3 Å². The van der Waals surface area contributed by atoms with Crippen molar-refractivity contribution < 1.29 is 19.4 Å². The van der Waals surface area contributed by atoms with Crippen LogP contribution in [0.4, 0.5) is 0 Å². The van der Waals surface area contributed by atoms with Crippen molar-refractivity contribution in [3.63, 3.8) is 0 Å². The number of hydrogen-bond acceptors (Lipinski definition) is 4. The second-order valence-corrected chi connectivity index (χ2v) is 5.81. The molecule has 0 radical (unpaired) electrons. The summed E-state index contributed by atoms with van der Waals surface area (Å²) >= 11 is 0. The van der Waals surface area contributed by atoms with E-state index in [2.05, 4.69) is 0 Å². The SMILES string of the molecule is COC(=O)C1=C(O)[C@@H]2Oc3ccccc3[C@@H]2C(c2ccccc2)=C1. The Bertz CT molecular complexity index is 864. The molecule has 2 aliphatic rings. The summed E-state index contributed by atoms with van der Waals surface area (Å²) in [5.41, 5.74) is 3.07. The first-order valence-corrected chi connectivity index (χ1v) is 7.74. The molecule has 0 fully saturated rings. The second kappa shape index (κ2) is 5.57. The zero-order chi connectivity index (χ0) is 16.7. The van der Waals surface area contributed by atoms with Crippen LogP contribution in [0.1, 0.15) is 17.0 Å². The van der Waals surface area contributed by atoms with Crippen LogP contribution in [-0.4, -0.2) is 24.3 Å². The Balaban J connectivity index is 1.92. The molecule has 2 aromatic rings. The summed E-state index contributed by atoms with van der Waals surface area (Å²) in [6.45, 7) is 0. The van der Waals surface area contributed by atoms with Crippen molar-refractivity contribution in [2.24, 2.45) is 0 Å². The third-order valence-electron chi connectivity index (χ3n) is 4.50. The molecule has 1 heterocycles. The predicted octanol–water partition coefficient (Wildman–Crippen LogP) is 3.61. The Morgan fingerprint density at radius 3 is 2.54 bits per heavy atom. The fraction of sp³-hybridized carbons (Fsp3) is 0.150. The second-order valence-electron chi connectivity index (χ2n) is 5.81. The lowest BCUT2D eigenvalue weighted by atomic mass is 9.78. The van der Waals surface area contributed by atoms with E-state index in [1.165, 1.54) is 7.11 Å². The van der Waals surface area contributed by atoms with Crippen molar-refractivity contribution in [3.05, 3.63) is 83.1 Å². The lowest BCUT2D eigenvalue weighted by Gasteiger charge is -2.27. The van der Waals surface area contributed by atoms with Crippen molar-refractivity contribution in [2.45, 2.75) is 12.0 Å². The Labute approximate surface area is 139 Å². The smallest absolute Gasteiger partial charge is 0.341 e. The minimum absolute atomic E-state index is 0.0808. The highest BCUT2D eigenvalue weighted by atomic mass is 16.5. The number of fused-ring (bicyclic) bond motifs is 3. The minimum Gasteiger partial charge on any atom is -0.507 e. The molecular weight excluding hydrogens is 304 g/mol. The van der Waals surface area contributed by atoms with E-state index in [1.54, 1.807) is 6.08 Å². The summed E-state index contributed by atoms with van der Waals surface area (Å²) in [6, 6.07) is 17.5. The first-order valence-electron chi connectivity index (χ1n) is 7.74. The van der Waals surface area contributed by atoms with E-state index in [0.29, 0.717) is 0 Å². The zero-order valence-electron chi connectivity index (χ0n) is 13.1. The monoisotopic (exact) mass is 320 g/mol. The Morgan fingerprint density at radius 1 is 1.08 bits per heavy atom. The molecular formula is C20H16O4. The van der Waals surface area contributed by atoms with Crippen molar-refractivity contribution >= 4 is 11.5 Å². The summed E-state index contributed by atoms with van der Waals surface area (Å²) in [7, 11) is 1.30. The van der Waals surface area contributed by atoms with Gasteiger partial charge in [0.1, 0.15) is 17.1 Å². The third-order valence-corrected chi connectivity index (χ3v) is 4.50. The molecule has 0 spiro atoms. The fourth-order valence-corrected chi connectivity index (χ4v) is 3.40. The average Bonchev–Trinajstić information content (AvgIpc) is 3.02. The normalized spacial score (nSPS) is 21.5. The lowest BCUT2D eigenvalue weighted by Crippen LogP contribution is -2.28. The van der Waals surface area contributed by atoms with Crippen LogP contribution < -0.4 is 4.74 Å². The van der Waals surface area contributed by atoms with E-state index >= 15 is 0 Å². The highest BCUT2D eigenvalue weighted by Crippen LogP contribution is 2.50. The molecule has 120 valence electrons. The molecule has 0 bridgehead atoms. The van der Waals surface area contributed by atoms with Gasteiger partial charge in [-0.25, -0.2) is 4.79 Å². The molecule has 24 heavy (non-hydrogen) atoms. The average molecular weight is 320 g/mol. The number of para-hydroxylation sites is 1. The maximum Gasteiger partial charge on any atom is 0.341 e. The van der Waals surface area contributed by atoms with Gasteiger partial charge in [0.05, 0.1) is 13.0 Å². The van der Waals surface area contributed by atoms with Gasteiger partial charge in [0.25, 0.3) is 0 Å². The number of methoxy groups -OCH3 is 1. The summed E-state index contributed by atoms with van der Waals surface area (Å²) in [5.74, 6) is -0.0781. The molecule has 4 heteroatoms. The molecule has 2 atom stereocenters. The molecule has 4 nitrogen and oxygen atoms in total. The van der Waals surface area contributed by atoms with E-state index < -0.39 is 12.1 Å². The van der Waals surface area contributed by atoms with Crippen LogP contribution in [0.25, 0.3) is 5.57 Å². The summed E-state index contributed by atoms with van der Waals surface area (Å²) < 4.78 is 10.8. The van der Waals surface area contributed by atoms with Gasteiger partial charge in [-0.15, -0.1) is 0 Å². The largest absolute Gasteiger partial charge is 0.507 e. The van der Waals surface area contributed by atoms with Gasteiger partial charge in [-0.2, -0.15) is 0 Å². The van der Waals surface area contributed by atoms with Gasteiger partial charge in [0.2, 0.25) is 0 Å². The summed E-state index contributed by atoms with van der Waals surface area (Å²) in [4.78, 5) is 12.1. The molecule has 0 saturated heterocycles. The number of carbonyl (C=O) groups excluding carboxylic acids is 1. The van der Waals surface area contributed by atoms with Gasteiger partial charge < -0.3 is 14.6 Å². The summed E-state index contributed by atoms with van der Waals surface area (Å²) in [6.07, 6.45) is 1.10. The van der Waals surface area contributed by atoms with Gasteiger partial charge in [0, 0.05) is 5.56 Å². The van der Waals surface area contributed by atoms with E-state index in [0.717, 1.165) is 22.4 Å². The first-order chi connectivity index (χ1) is 11.7. The van der Waals surface area contributed by atoms with Crippen LogP contribution in [0.5, 0.6) is 5.75 Å². The number of carbonyl (C=O) groups is 1. The van der Waals surface area contributed by atoms with Crippen molar-refractivity contribution in [2.75, 3.05) is 7.11 Å². The zero-order valence-corrected chi connectivity index (χ0v) is 13.1. The maximum atomic E-state index is 12.1. The molecule has 0 aromatic heterocycles. The Hall–Kier alpha value is -3.01. The molecule has 1 aliphatic heterocycles. The number of aliphatic hydroxyl groups excluding tert-OH is 1. The number of esters is 1. The van der Waals surface area contributed by atoms with Gasteiger partial charge in [-0.05, 0) is 23.3 Å². The molecule has 1 N–H and O–H groups in total. The van der Waals surface area contributed by atoms with Gasteiger partial charge in [0.15, 0.2) is 6.10 Å². The van der Waals surface area contributed by atoms with Crippen molar-refractivity contribution in [3.8, 4) is 5.75 Å². The number of ether oxygens (including phenoxy) is 2. The van der Waals surface area contributed by atoms with E-state index in [9.17, 15) is 9.90 Å². The highest BCUT2D eigenvalue weighted by molar-refractivity contribution is 5.97. The van der Waals surface area contributed by atoms with Crippen LogP contribution in [0.2, 0.25) is 0 Å². The van der Waals surface area contributed by atoms with Crippen molar-refractivity contribution in [1.29, 1.82) is 0 Å². The van der Waals surface area contributed by atoms with Crippen LogP contribution in [0, 0.1) is 0 Å². The summed E-state index contributed by atoms with van der Waals surface area (Å²) in [5, 5.41) is 10.6. The van der Waals surface area contributed by atoms with E-state index in [1.807, 2.05) is 54.6 Å². The quantitative estimate of drug-likeness (QED) is 0.859. The van der Waals surface area contributed by atoms with Crippen molar-refractivity contribution in [1.82, 2.24) is 0 Å². The number of benzene rings is 2. The highest BCUT2D eigenvalue weighted by Gasteiger charge is 2.44. The Kier molecular flexibility index (Phi) is 3.38. The number of aliphatic hydroxyl groups is 1. The van der Waals surface area contributed by atoms with Crippen LogP contribution in [0.15, 0.2) is 72.0 Å². The number of rotatable bonds is 2. The Morgan fingerprint density at radius 2 is 1.79 bits per heavy atom. The maximum absolute atomic E-state index is 12.1. The van der Waals surface area contributed by atoms with E-state index in [4.69, 9.17) is 9.47 Å². The standard InChI is InChI=1S/C20H16O4/c1-23-20(22)15-11-14(12-7-3-2-4-8-12)17-13-9-5-6-10-16(13)24-19(17)18(15)21/h2-11,17,19,21H,1H3/t17-,19-/m1/s1. The third kappa shape index (κ3) is 2.11. The molecule has 4 rings (SSSR count). The first kappa shape index (κ1) is 14.6. The van der Waals surface area contributed by atoms with Crippen LogP contribution >= 0.6 is 0 Å². The van der Waals surface area contributed by atoms with Gasteiger partial charge >= 0.3 is 5.97 Å². The van der Waals surface area contributed by atoms with Gasteiger partial charge in [-0.1, -0.05) is 48.5 Å². The van der Waals surface area contributed by atoms with Crippen LogP contribution in [0.3, 0.4) is 0 Å². The fourth-order valence-electron chi connectivity index (χ4n) is 3.40. The lowest BCUT2D eigenvalue weighted by molar-refractivity contribution is -0.136.